The smallest absolute Gasteiger partial charge is 0.188 e. The van der Waals surface area contributed by atoms with Crippen molar-refractivity contribution < 1.29 is 0 Å². The summed E-state index contributed by atoms with van der Waals surface area (Å²) < 4.78 is 0. The van der Waals surface area contributed by atoms with Gasteiger partial charge in [-0.1, -0.05) is 12.1 Å². The molecule has 0 aliphatic rings. The fourth-order valence-electron chi connectivity index (χ4n) is 2.27. The van der Waals surface area contributed by atoms with E-state index in [2.05, 4.69) is 62.8 Å². The fraction of sp³-hybridized carbons (Fsp3) is 0.235. The molecule has 0 amide bonds. The Morgan fingerprint density at radius 3 is 2.52 bits per heavy atom. The number of hydrogen-bond acceptors (Lipinski definition) is 6. The van der Waals surface area contributed by atoms with Gasteiger partial charge in [-0.25, -0.2) is 15.0 Å². The van der Waals surface area contributed by atoms with E-state index in [0.717, 1.165) is 23.8 Å². The minimum absolute atomic E-state index is 0.694. The Morgan fingerprint density at radius 2 is 1.83 bits per heavy atom. The van der Waals surface area contributed by atoms with Crippen molar-refractivity contribution in [1.82, 2.24) is 19.9 Å². The molecule has 2 heterocycles. The van der Waals surface area contributed by atoms with E-state index in [1.54, 1.807) is 35.5 Å². The van der Waals surface area contributed by atoms with E-state index in [1.165, 1.54) is 10.5 Å². The summed E-state index contributed by atoms with van der Waals surface area (Å²) in [6.07, 6.45) is 5.58. The number of nitrogens with zero attached hydrogens (tertiary/aromatic N) is 4. The molecular formula is C17H18N4S2. The lowest BCUT2D eigenvalue weighted by Crippen LogP contribution is -2.17. The first-order valence-corrected chi connectivity index (χ1v) is 9.38. The molecule has 1 aromatic carbocycles. The molecule has 2 aromatic heterocycles. The SMILES string of the molecule is CSc1ccc(CN(C)Cc2csc(-c3ncccn3)n2)cc1. The van der Waals surface area contributed by atoms with E-state index >= 15 is 0 Å². The Hall–Kier alpha value is -1.76. The molecule has 3 rings (SSSR count). The highest BCUT2D eigenvalue weighted by atomic mass is 32.2. The van der Waals surface area contributed by atoms with Crippen LogP contribution in [0.15, 0.2) is 53.0 Å². The maximum atomic E-state index is 4.64. The normalized spacial score (nSPS) is 11.1. The van der Waals surface area contributed by atoms with Gasteiger partial charge >= 0.3 is 0 Å². The van der Waals surface area contributed by atoms with Crippen molar-refractivity contribution in [2.75, 3.05) is 13.3 Å². The largest absolute Gasteiger partial charge is 0.296 e. The molecule has 0 aliphatic heterocycles. The van der Waals surface area contributed by atoms with Crippen molar-refractivity contribution in [3.63, 3.8) is 0 Å². The molecule has 118 valence electrons. The van der Waals surface area contributed by atoms with Gasteiger partial charge in [0.2, 0.25) is 0 Å². The Morgan fingerprint density at radius 1 is 1.09 bits per heavy atom. The third-order valence-corrected chi connectivity index (χ3v) is 4.98. The molecule has 0 spiro atoms. The maximum Gasteiger partial charge on any atom is 0.188 e. The van der Waals surface area contributed by atoms with Crippen molar-refractivity contribution in [2.45, 2.75) is 18.0 Å². The summed E-state index contributed by atoms with van der Waals surface area (Å²) >= 11 is 3.36. The molecule has 0 radical (unpaired) electrons. The maximum absolute atomic E-state index is 4.64. The minimum atomic E-state index is 0.694. The average Bonchev–Trinajstić information content (AvgIpc) is 3.04. The highest BCUT2D eigenvalue weighted by Crippen LogP contribution is 2.21. The topological polar surface area (TPSA) is 41.9 Å². The average molecular weight is 342 g/mol. The second-order valence-electron chi connectivity index (χ2n) is 5.24. The Bertz CT molecular complexity index is 741. The number of hydrogen-bond donors (Lipinski definition) is 0. The van der Waals surface area contributed by atoms with Gasteiger partial charge in [0, 0.05) is 35.8 Å². The van der Waals surface area contributed by atoms with Crippen LogP contribution in [-0.2, 0) is 13.1 Å². The van der Waals surface area contributed by atoms with Crippen LogP contribution in [-0.4, -0.2) is 33.2 Å². The molecule has 0 N–H and O–H groups in total. The molecule has 4 nitrogen and oxygen atoms in total. The molecule has 0 fully saturated rings. The van der Waals surface area contributed by atoms with Crippen LogP contribution in [0.2, 0.25) is 0 Å². The second-order valence-corrected chi connectivity index (χ2v) is 6.97. The zero-order chi connectivity index (χ0) is 16.1. The Labute approximate surface area is 144 Å². The predicted octanol–water partition coefficient (Wildman–Crippen LogP) is 3.95. The molecule has 23 heavy (non-hydrogen) atoms. The minimum Gasteiger partial charge on any atom is -0.296 e. The summed E-state index contributed by atoms with van der Waals surface area (Å²) in [7, 11) is 2.11. The number of benzene rings is 1. The predicted molar refractivity (Wildman–Crippen MR) is 96.5 cm³/mol. The van der Waals surface area contributed by atoms with E-state index in [4.69, 9.17) is 0 Å². The third-order valence-electron chi connectivity index (χ3n) is 3.35. The second kappa shape index (κ2) is 7.68. The first kappa shape index (κ1) is 16.1. The van der Waals surface area contributed by atoms with Gasteiger partial charge in [-0.2, -0.15) is 0 Å². The molecule has 0 bridgehead atoms. The van der Waals surface area contributed by atoms with Crippen LogP contribution in [0.3, 0.4) is 0 Å². The number of thiazole rings is 1. The monoisotopic (exact) mass is 342 g/mol. The summed E-state index contributed by atoms with van der Waals surface area (Å²) in [5.74, 6) is 0.694. The van der Waals surface area contributed by atoms with Crippen molar-refractivity contribution in [3.8, 4) is 10.8 Å². The molecular weight excluding hydrogens is 324 g/mol. The van der Waals surface area contributed by atoms with Crippen LogP contribution >= 0.6 is 23.1 Å². The van der Waals surface area contributed by atoms with E-state index in [-0.39, 0.29) is 0 Å². The van der Waals surface area contributed by atoms with E-state index in [9.17, 15) is 0 Å². The van der Waals surface area contributed by atoms with Gasteiger partial charge in [0.05, 0.1) is 5.69 Å². The Balaban J connectivity index is 1.61. The number of aromatic nitrogens is 3. The van der Waals surface area contributed by atoms with Gasteiger partial charge in [-0.05, 0) is 37.1 Å². The molecule has 6 heteroatoms. The van der Waals surface area contributed by atoms with Crippen LogP contribution in [0.5, 0.6) is 0 Å². The molecule has 0 unspecified atom stereocenters. The standard InChI is InChI=1S/C17H18N4S2/c1-21(10-13-4-6-15(22-2)7-5-13)11-14-12-23-17(20-14)16-18-8-3-9-19-16/h3-9,12H,10-11H2,1-2H3. The highest BCUT2D eigenvalue weighted by Gasteiger charge is 2.09. The Kier molecular flexibility index (Phi) is 5.38. The number of rotatable bonds is 6. The number of thioether (sulfide) groups is 1. The van der Waals surface area contributed by atoms with Gasteiger partial charge in [-0.3, -0.25) is 4.90 Å². The van der Waals surface area contributed by atoms with Crippen molar-refractivity contribution >= 4 is 23.1 Å². The zero-order valence-corrected chi connectivity index (χ0v) is 14.8. The van der Waals surface area contributed by atoms with E-state index < -0.39 is 0 Å². The first-order chi connectivity index (χ1) is 11.2. The van der Waals surface area contributed by atoms with Gasteiger partial charge in [-0.15, -0.1) is 23.1 Å². The van der Waals surface area contributed by atoms with Crippen molar-refractivity contribution in [3.05, 3.63) is 59.4 Å². The third kappa shape index (κ3) is 4.37. The molecule has 0 atom stereocenters. The van der Waals surface area contributed by atoms with Crippen LogP contribution in [0.25, 0.3) is 10.8 Å². The van der Waals surface area contributed by atoms with Crippen LogP contribution in [0, 0.1) is 0 Å². The summed E-state index contributed by atoms with van der Waals surface area (Å²) in [5, 5.41) is 2.96. The van der Waals surface area contributed by atoms with E-state index in [0.29, 0.717) is 5.82 Å². The quantitative estimate of drug-likeness (QED) is 0.634. The van der Waals surface area contributed by atoms with Crippen LogP contribution in [0.1, 0.15) is 11.3 Å². The first-order valence-electron chi connectivity index (χ1n) is 7.28. The summed E-state index contributed by atoms with van der Waals surface area (Å²) in [4.78, 5) is 16.7. The van der Waals surface area contributed by atoms with E-state index in [1.807, 2.05) is 6.07 Å². The van der Waals surface area contributed by atoms with Crippen LogP contribution in [0.4, 0.5) is 0 Å². The van der Waals surface area contributed by atoms with Crippen molar-refractivity contribution in [2.24, 2.45) is 0 Å². The van der Waals surface area contributed by atoms with Gasteiger partial charge in [0.1, 0.15) is 0 Å². The lowest BCUT2D eigenvalue weighted by molar-refractivity contribution is 0.316. The molecule has 0 saturated heterocycles. The van der Waals surface area contributed by atoms with Gasteiger partial charge in [0.25, 0.3) is 0 Å². The van der Waals surface area contributed by atoms with Gasteiger partial charge < -0.3 is 0 Å². The summed E-state index contributed by atoms with van der Waals surface area (Å²) in [6.45, 7) is 1.72. The fourth-order valence-corrected chi connectivity index (χ4v) is 3.43. The summed E-state index contributed by atoms with van der Waals surface area (Å²) in [5.41, 5.74) is 2.37. The summed E-state index contributed by atoms with van der Waals surface area (Å²) in [6, 6.07) is 10.5. The highest BCUT2D eigenvalue weighted by molar-refractivity contribution is 7.98. The molecule has 3 aromatic rings. The van der Waals surface area contributed by atoms with Crippen LogP contribution < -0.4 is 0 Å². The molecule has 0 aliphatic carbocycles. The molecule has 0 saturated carbocycles. The lowest BCUT2D eigenvalue weighted by atomic mass is 10.2. The van der Waals surface area contributed by atoms with Gasteiger partial charge in [0.15, 0.2) is 10.8 Å². The van der Waals surface area contributed by atoms with Crippen molar-refractivity contribution in [1.29, 1.82) is 0 Å². The lowest BCUT2D eigenvalue weighted by Gasteiger charge is -2.15. The zero-order valence-electron chi connectivity index (χ0n) is 13.1.